The Hall–Kier alpha value is -4.27. The Morgan fingerprint density at radius 3 is 2.37 bits per heavy atom. The van der Waals surface area contributed by atoms with Crippen molar-refractivity contribution in [2.75, 3.05) is 23.8 Å². The number of hydrogen-bond acceptors (Lipinski definition) is 6. The molecular weight excluding hydrogens is 538 g/mol. The Balaban J connectivity index is 1.31. The minimum Gasteiger partial charge on any atom is -0.381 e. The molecule has 1 aliphatic heterocycles. The highest BCUT2D eigenvalue weighted by atomic mass is 16.5. The molecule has 0 atom stereocenters. The highest BCUT2D eigenvalue weighted by molar-refractivity contribution is 6.05. The SMILES string of the molecule is Cc1c(NC(=O)c2ccc(C(C)(C)C)cc2)cccc1-c1cn(C)c(=O)c(Nc2ccc(CNC3CCOCC3)cc2)n1. The monoisotopic (exact) mass is 579 g/mol. The number of nitrogens with zero attached hydrogens (tertiary/aromatic N) is 2. The summed E-state index contributed by atoms with van der Waals surface area (Å²) in [5.41, 5.74) is 6.52. The number of aryl methyl sites for hydroxylation is 1. The molecule has 0 saturated carbocycles. The second-order valence-electron chi connectivity index (χ2n) is 12.2. The van der Waals surface area contributed by atoms with Crippen LogP contribution in [0.3, 0.4) is 0 Å². The van der Waals surface area contributed by atoms with Crippen LogP contribution >= 0.6 is 0 Å². The second-order valence-corrected chi connectivity index (χ2v) is 12.2. The van der Waals surface area contributed by atoms with Gasteiger partial charge in [-0.1, -0.05) is 57.2 Å². The maximum atomic E-state index is 13.1. The Kier molecular flexibility index (Phi) is 9.08. The van der Waals surface area contributed by atoms with Crippen LogP contribution in [0.25, 0.3) is 11.3 Å². The third-order valence-electron chi connectivity index (χ3n) is 7.98. The topological polar surface area (TPSA) is 97.3 Å². The summed E-state index contributed by atoms with van der Waals surface area (Å²) in [6, 6.07) is 21.9. The van der Waals surface area contributed by atoms with Crippen LogP contribution in [0.1, 0.15) is 60.7 Å². The first-order valence-electron chi connectivity index (χ1n) is 14.8. The molecule has 4 aromatic rings. The number of benzene rings is 3. The molecule has 0 bridgehead atoms. The summed E-state index contributed by atoms with van der Waals surface area (Å²) in [5, 5.41) is 9.85. The van der Waals surface area contributed by atoms with Crippen molar-refractivity contribution in [3.63, 3.8) is 0 Å². The minimum atomic E-state index is -0.227. The predicted molar refractivity (Wildman–Crippen MR) is 173 cm³/mol. The standard InChI is InChI=1S/C35H41N5O3/c1-23-29(7-6-8-30(23)39-33(41)25-11-13-26(14-12-25)35(2,3)4)31-22-40(5)34(42)32(38-31)37-28-15-9-24(10-16-28)21-36-27-17-19-43-20-18-27/h6-16,22,27,36H,17-21H2,1-5H3,(H,37,38)(H,39,41). The molecule has 0 aliphatic carbocycles. The van der Waals surface area contributed by atoms with Crippen molar-refractivity contribution in [2.24, 2.45) is 7.05 Å². The molecule has 43 heavy (non-hydrogen) atoms. The lowest BCUT2D eigenvalue weighted by Crippen LogP contribution is -2.34. The van der Waals surface area contributed by atoms with Crippen molar-refractivity contribution in [1.29, 1.82) is 0 Å². The molecule has 1 aliphatic rings. The lowest BCUT2D eigenvalue weighted by atomic mass is 9.86. The predicted octanol–water partition coefficient (Wildman–Crippen LogP) is 6.32. The van der Waals surface area contributed by atoms with Crippen LogP contribution in [-0.2, 0) is 23.7 Å². The van der Waals surface area contributed by atoms with Gasteiger partial charge in [0.15, 0.2) is 5.82 Å². The number of amides is 1. The molecule has 3 aromatic carbocycles. The first-order chi connectivity index (χ1) is 20.6. The first kappa shape index (κ1) is 30.2. The number of ether oxygens (including phenoxy) is 1. The van der Waals surface area contributed by atoms with E-state index in [0.29, 0.717) is 23.0 Å². The first-order valence-corrected chi connectivity index (χ1v) is 14.8. The fourth-order valence-corrected chi connectivity index (χ4v) is 5.19. The summed E-state index contributed by atoms with van der Waals surface area (Å²) < 4.78 is 6.96. The van der Waals surface area contributed by atoms with Crippen LogP contribution in [0.5, 0.6) is 0 Å². The van der Waals surface area contributed by atoms with E-state index in [0.717, 1.165) is 49.4 Å². The third kappa shape index (κ3) is 7.39. The van der Waals surface area contributed by atoms with Crippen LogP contribution in [0.15, 0.2) is 77.7 Å². The summed E-state index contributed by atoms with van der Waals surface area (Å²) >= 11 is 0. The van der Waals surface area contributed by atoms with E-state index in [1.807, 2.05) is 61.5 Å². The molecule has 8 nitrogen and oxygen atoms in total. The molecule has 5 rings (SSSR count). The second kappa shape index (κ2) is 12.9. The van der Waals surface area contributed by atoms with Gasteiger partial charge in [0.1, 0.15) is 0 Å². The van der Waals surface area contributed by atoms with Gasteiger partial charge in [0.05, 0.1) is 5.69 Å². The fourth-order valence-electron chi connectivity index (χ4n) is 5.19. The molecule has 1 aromatic heterocycles. The van der Waals surface area contributed by atoms with Crippen molar-refractivity contribution in [1.82, 2.24) is 14.9 Å². The van der Waals surface area contributed by atoms with Gasteiger partial charge in [-0.3, -0.25) is 9.59 Å². The summed E-state index contributed by atoms with van der Waals surface area (Å²) in [5.74, 6) is 0.0590. The van der Waals surface area contributed by atoms with E-state index in [9.17, 15) is 9.59 Å². The molecule has 0 unspecified atom stereocenters. The Morgan fingerprint density at radius 2 is 1.70 bits per heavy atom. The van der Waals surface area contributed by atoms with E-state index in [4.69, 9.17) is 9.72 Å². The van der Waals surface area contributed by atoms with Gasteiger partial charge in [-0.15, -0.1) is 0 Å². The summed E-state index contributed by atoms with van der Waals surface area (Å²) in [6.07, 6.45) is 3.79. The highest BCUT2D eigenvalue weighted by Gasteiger charge is 2.17. The number of carbonyl (C=O) groups is 1. The molecule has 2 heterocycles. The molecule has 0 spiro atoms. The van der Waals surface area contributed by atoms with Gasteiger partial charge in [-0.05, 0) is 72.2 Å². The van der Waals surface area contributed by atoms with Gasteiger partial charge >= 0.3 is 0 Å². The molecular formula is C35H41N5O3. The summed E-state index contributed by atoms with van der Waals surface area (Å²) in [7, 11) is 1.71. The fraction of sp³-hybridized carbons (Fsp3) is 0.343. The third-order valence-corrected chi connectivity index (χ3v) is 7.98. The van der Waals surface area contributed by atoms with E-state index in [-0.39, 0.29) is 22.7 Å². The van der Waals surface area contributed by atoms with E-state index in [1.54, 1.807) is 13.2 Å². The maximum absolute atomic E-state index is 13.1. The van der Waals surface area contributed by atoms with Crippen LogP contribution in [0, 0.1) is 6.92 Å². The van der Waals surface area contributed by atoms with Crippen molar-refractivity contribution >= 4 is 23.1 Å². The Bertz CT molecular complexity index is 1630. The van der Waals surface area contributed by atoms with E-state index < -0.39 is 0 Å². The van der Waals surface area contributed by atoms with Gasteiger partial charge in [0.25, 0.3) is 11.5 Å². The number of nitrogens with one attached hydrogen (secondary N) is 3. The van der Waals surface area contributed by atoms with Crippen LogP contribution in [0.4, 0.5) is 17.2 Å². The van der Waals surface area contributed by atoms with Crippen molar-refractivity contribution in [2.45, 2.75) is 58.5 Å². The average Bonchev–Trinajstić information content (AvgIpc) is 3.00. The van der Waals surface area contributed by atoms with Gasteiger partial charge in [0.2, 0.25) is 0 Å². The van der Waals surface area contributed by atoms with E-state index in [1.165, 1.54) is 15.7 Å². The highest BCUT2D eigenvalue weighted by Crippen LogP contribution is 2.29. The molecule has 224 valence electrons. The van der Waals surface area contributed by atoms with E-state index >= 15 is 0 Å². The Morgan fingerprint density at radius 1 is 1.00 bits per heavy atom. The number of aromatic nitrogens is 2. The molecule has 1 saturated heterocycles. The molecule has 0 radical (unpaired) electrons. The zero-order valence-electron chi connectivity index (χ0n) is 25.7. The van der Waals surface area contributed by atoms with Crippen molar-refractivity contribution in [3.8, 4) is 11.3 Å². The zero-order valence-corrected chi connectivity index (χ0v) is 25.7. The Labute approximate surface area is 253 Å². The van der Waals surface area contributed by atoms with Crippen molar-refractivity contribution in [3.05, 3.63) is 106 Å². The number of hydrogen-bond donors (Lipinski definition) is 3. The lowest BCUT2D eigenvalue weighted by molar-refractivity contribution is 0.0776. The van der Waals surface area contributed by atoms with Crippen LogP contribution < -0.4 is 21.5 Å². The molecule has 8 heteroatoms. The van der Waals surface area contributed by atoms with Gasteiger partial charge in [-0.2, -0.15) is 0 Å². The van der Waals surface area contributed by atoms with Gasteiger partial charge in [0, 0.05) is 61.5 Å². The summed E-state index contributed by atoms with van der Waals surface area (Å²) in [6.45, 7) is 10.8. The molecule has 1 fully saturated rings. The largest absolute Gasteiger partial charge is 0.381 e. The number of anilines is 3. The average molecular weight is 580 g/mol. The smallest absolute Gasteiger partial charge is 0.293 e. The molecule has 1 amide bonds. The van der Waals surface area contributed by atoms with Crippen LogP contribution in [0.2, 0.25) is 0 Å². The molecule has 3 N–H and O–H groups in total. The van der Waals surface area contributed by atoms with Crippen molar-refractivity contribution < 1.29 is 9.53 Å². The maximum Gasteiger partial charge on any atom is 0.293 e. The van der Waals surface area contributed by atoms with Gasteiger partial charge < -0.3 is 25.3 Å². The lowest BCUT2D eigenvalue weighted by Gasteiger charge is -2.23. The normalized spacial score (nSPS) is 14.0. The summed E-state index contributed by atoms with van der Waals surface area (Å²) in [4.78, 5) is 30.8. The van der Waals surface area contributed by atoms with E-state index in [2.05, 4.69) is 48.9 Å². The quantitative estimate of drug-likeness (QED) is 0.226. The van der Waals surface area contributed by atoms with Crippen LogP contribution in [-0.4, -0.2) is 34.7 Å². The van der Waals surface area contributed by atoms with Gasteiger partial charge in [-0.25, -0.2) is 4.98 Å². The number of rotatable bonds is 8. The zero-order chi connectivity index (χ0) is 30.6. The minimum absolute atomic E-state index is 0.0159. The number of carbonyl (C=O) groups excluding carboxylic acids is 1.